The van der Waals surface area contributed by atoms with Crippen LogP contribution in [0, 0.1) is 0 Å². The first-order valence-electron chi connectivity index (χ1n) is 8.08. The van der Waals surface area contributed by atoms with Crippen LogP contribution in [-0.2, 0) is 6.54 Å². The van der Waals surface area contributed by atoms with Crippen LogP contribution in [0.1, 0.15) is 15.9 Å². The van der Waals surface area contributed by atoms with E-state index in [4.69, 9.17) is 5.73 Å². The third-order valence-corrected chi connectivity index (χ3v) is 5.29. The minimum atomic E-state index is -0.584. The maximum atomic E-state index is 12.4. The van der Waals surface area contributed by atoms with Crippen molar-refractivity contribution in [2.24, 2.45) is 5.73 Å². The number of thiazole rings is 1. The van der Waals surface area contributed by atoms with Crippen LogP contribution < -0.4 is 16.4 Å². The molecule has 3 rings (SSSR count). The van der Waals surface area contributed by atoms with Crippen LogP contribution in [0.4, 0.5) is 9.93 Å². The summed E-state index contributed by atoms with van der Waals surface area (Å²) in [5.74, 6) is -0.233. The molecular formula is C19H18N4O2S2. The standard InChI is InChI=1S/C19H18N4O2S2/c1-26-15-8-6-13(7-9-15)16-11-27-19(22-16)23-17(24)14-4-2-12(3-5-14)10-21-18(20)25/h2-9,11H,10H2,1H3,(H3,20,21,25)(H,22,23,24). The highest BCUT2D eigenvalue weighted by molar-refractivity contribution is 7.98. The van der Waals surface area contributed by atoms with Gasteiger partial charge in [-0.25, -0.2) is 9.78 Å². The number of aromatic nitrogens is 1. The highest BCUT2D eigenvalue weighted by atomic mass is 32.2. The average molecular weight is 399 g/mol. The fourth-order valence-electron chi connectivity index (χ4n) is 2.36. The van der Waals surface area contributed by atoms with Gasteiger partial charge in [-0.3, -0.25) is 10.1 Å². The molecule has 8 heteroatoms. The summed E-state index contributed by atoms with van der Waals surface area (Å²) in [4.78, 5) is 28.8. The molecule has 0 bridgehead atoms. The topological polar surface area (TPSA) is 97.1 Å². The highest BCUT2D eigenvalue weighted by Crippen LogP contribution is 2.27. The summed E-state index contributed by atoms with van der Waals surface area (Å²) in [6.45, 7) is 0.322. The van der Waals surface area contributed by atoms with Gasteiger partial charge in [0.25, 0.3) is 5.91 Å². The van der Waals surface area contributed by atoms with Gasteiger partial charge in [-0.1, -0.05) is 24.3 Å². The van der Waals surface area contributed by atoms with E-state index in [0.29, 0.717) is 17.2 Å². The molecule has 27 heavy (non-hydrogen) atoms. The predicted molar refractivity (Wildman–Crippen MR) is 110 cm³/mol. The first kappa shape index (κ1) is 18.9. The highest BCUT2D eigenvalue weighted by Gasteiger charge is 2.10. The Bertz CT molecular complexity index is 937. The molecular weight excluding hydrogens is 380 g/mol. The van der Waals surface area contributed by atoms with Crippen LogP contribution in [0.2, 0.25) is 0 Å². The molecule has 0 aliphatic heterocycles. The number of urea groups is 1. The summed E-state index contributed by atoms with van der Waals surface area (Å²) in [7, 11) is 0. The van der Waals surface area contributed by atoms with Gasteiger partial charge >= 0.3 is 6.03 Å². The van der Waals surface area contributed by atoms with Crippen LogP contribution in [-0.4, -0.2) is 23.2 Å². The third-order valence-electron chi connectivity index (χ3n) is 3.79. The molecule has 1 aromatic heterocycles. The van der Waals surface area contributed by atoms with Crippen molar-refractivity contribution in [3.05, 3.63) is 65.0 Å². The van der Waals surface area contributed by atoms with Gasteiger partial charge in [-0.2, -0.15) is 0 Å². The summed E-state index contributed by atoms with van der Waals surface area (Å²) in [5, 5.41) is 7.78. The van der Waals surface area contributed by atoms with Crippen molar-refractivity contribution in [1.29, 1.82) is 0 Å². The molecule has 4 N–H and O–H groups in total. The summed E-state index contributed by atoms with van der Waals surface area (Å²) < 4.78 is 0. The summed E-state index contributed by atoms with van der Waals surface area (Å²) in [5.41, 5.74) is 8.25. The van der Waals surface area contributed by atoms with Crippen molar-refractivity contribution < 1.29 is 9.59 Å². The molecule has 0 saturated carbocycles. The Hall–Kier alpha value is -2.84. The van der Waals surface area contributed by atoms with Crippen molar-refractivity contribution in [1.82, 2.24) is 10.3 Å². The Morgan fingerprint density at radius 1 is 1.11 bits per heavy atom. The number of hydrogen-bond donors (Lipinski definition) is 3. The van der Waals surface area contributed by atoms with Gasteiger partial charge in [-0.15, -0.1) is 23.1 Å². The van der Waals surface area contributed by atoms with E-state index < -0.39 is 6.03 Å². The zero-order chi connectivity index (χ0) is 19.2. The molecule has 0 saturated heterocycles. The van der Waals surface area contributed by atoms with Gasteiger partial charge in [-0.05, 0) is 36.1 Å². The molecule has 0 unspecified atom stereocenters. The third kappa shape index (κ3) is 5.08. The minimum absolute atomic E-state index is 0.233. The van der Waals surface area contributed by atoms with E-state index in [1.165, 1.54) is 16.2 Å². The minimum Gasteiger partial charge on any atom is -0.352 e. The number of primary amides is 1. The Morgan fingerprint density at radius 3 is 2.44 bits per heavy atom. The van der Waals surface area contributed by atoms with E-state index in [1.807, 2.05) is 35.9 Å². The quantitative estimate of drug-likeness (QED) is 0.548. The number of rotatable bonds is 6. The largest absolute Gasteiger partial charge is 0.352 e. The molecule has 1 heterocycles. The fourth-order valence-corrected chi connectivity index (χ4v) is 3.48. The zero-order valence-electron chi connectivity index (χ0n) is 14.6. The van der Waals surface area contributed by atoms with Gasteiger partial charge < -0.3 is 11.1 Å². The second-order valence-electron chi connectivity index (χ2n) is 5.64. The molecule has 0 fully saturated rings. The summed E-state index contributed by atoms with van der Waals surface area (Å²) >= 11 is 3.07. The number of nitrogens with zero attached hydrogens (tertiary/aromatic N) is 1. The van der Waals surface area contributed by atoms with Gasteiger partial charge in [0.1, 0.15) is 0 Å². The first-order chi connectivity index (χ1) is 13.0. The maximum Gasteiger partial charge on any atom is 0.312 e. The van der Waals surface area contributed by atoms with Crippen LogP contribution in [0.5, 0.6) is 0 Å². The van der Waals surface area contributed by atoms with Crippen molar-refractivity contribution in [2.75, 3.05) is 11.6 Å². The number of amides is 3. The molecule has 0 aliphatic carbocycles. The number of thioether (sulfide) groups is 1. The maximum absolute atomic E-state index is 12.4. The number of nitrogens with one attached hydrogen (secondary N) is 2. The lowest BCUT2D eigenvalue weighted by Gasteiger charge is -2.05. The normalized spacial score (nSPS) is 10.4. The number of nitrogens with two attached hydrogens (primary N) is 1. The molecule has 0 aliphatic rings. The number of carbonyl (C=O) groups is 2. The first-order valence-corrected chi connectivity index (χ1v) is 10.2. The lowest BCUT2D eigenvalue weighted by atomic mass is 10.1. The Kier molecular flexibility index (Phi) is 6.10. The molecule has 0 radical (unpaired) electrons. The Morgan fingerprint density at radius 2 is 1.81 bits per heavy atom. The van der Waals surface area contributed by atoms with Crippen LogP contribution in [0.15, 0.2) is 58.8 Å². The molecule has 138 valence electrons. The van der Waals surface area contributed by atoms with E-state index in [9.17, 15) is 9.59 Å². The zero-order valence-corrected chi connectivity index (χ0v) is 16.2. The number of benzene rings is 2. The van der Waals surface area contributed by atoms with Crippen molar-refractivity contribution >= 4 is 40.2 Å². The molecule has 0 spiro atoms. The lowest BCUT2D eigenvalue weighted by molar-refractivity contribution is 0.102. The number of carbonyl (C=O) groups excluding carboxylic acids is 2. The predicted octanol–water partition coefficient (Wildman–Crippen LogP) is 3.95. The Balaban J connectivity index is 1.64. The Labute approximate surface area is 165 Å². The van der Waals surface area contributed by atoms with Crippen molar-refractivity contribution in [2.45, 2.75) is 11.4 Å². The van der Waals surface area contributed by atoms with E-state index in [1.54, 1.807) is 36.0 Å². The molecule has 6 nitrogen and oxygen atoms in total. The van der Waals surface area contributed by atoms with Crippen molar-refractivity contribution in [3.63, 3.8) is 0 Å². The molecule has 3 aromatic rings. The van der Waals surface area contributed by atoms with Gasteiger partial charge in [0, 0.05) is 27.9 Å². The molecule has 0 atom stereocenters. The second-order valence-corrected chi connectivity index (χ2v) is 7.37. The van der Waals surface area contributed by atoms with E-state index in [-0.39, 0.29) is 5.91 Å². The van der Waals surface area contributed by atoms with E-state index in [0.717, 1.165) is 16.8 Å². The number of hydrogen-bond acceptors (Lipinski definition) is 5. The average Bonchev–Trinajstić information content (AvgIpc) is 3.15. The molecule has 2 aromatic carbocycles. The summed E-state index contributed by atoms with van der Waals surface area (Å²) in [6, 6.07) is 14.5. The second kappa shape index (κ2) is 8.70. The smallest absolute Gasteiger partial charge is 0.312 e. The monoisotopic (exact) mass is 398 g/mol. The van der Waals surface area contributed by atoms with Crippen molar-refractivity contribution in [3.8, 4) is 11.3 Å². The van der Waals surface area contributed by atoms with Crippen LogP contribution in [0.3, 0.4) is 0 Å². The summed E-state index contributed by atoms with van der Waals surface area (Å²) in [6.07, 6.45) is 2.03. The van der Waals surface area contributed by atoms with Crippen LogP contribution >= 0.6 is 23.1 Å². The lowest BCUT2D eigenvalue weighted by Crippen LogP contribution is -2.28. The van der Waals surface area contributed by atoms with E-state index in [2.05, 4.69) is 15.6 Å². The van der Waals surface area contributed by atoms with Gasteiger partial charge in [0.05, 0.1) is 5.69 Å². The van der Waals surface area contributed by atoms with Crippen LogP contribution in [0.25, 0.3) is 11.3 Å². The SMILES string of the molecule is CSc1ccc(-c2csc(NC(=O)c3ccc(CNC(N)=O)cc3)n2)cc1. The van der Waals surface area contributed by atoms with Gasteiger partial charge in [0.15, 0.2) is 5.13 Å². The molecule has 3 amide bonds. The van der Waals surface area contributed by atoms with E-state index >= 15 is 0 Å². The van der Waals surface area contributed by atoms with Gasteiger partial charge in [0.2, 0.25) is 0 Å². The number of anilines is 1. The fraction of sp³-hybridized carbons (Fsp3) is 0.105.